The van der Waals surface area contributed by atoms with Crippen molar-refractivity contribution in [2.45, 2.75) is 101 Å². The molecule has 4 N–H and O–H groups in total. The molecule has 2 saturated carbocycles. The number of piperazine rings is 1. The number of ether oxygens (including phenoxy) is 5. The maximum absolute atomic E-state index is 16.0. The summed E-state index contributed by atoms with van der Waals surface area (Å²) in [6.45, 7) is 8.46. The molecule has 2 aromatic carbocycles. The Balaban J connectivity index is 1.28. The number of rotatable bonds is 10. The molecule has 0 radical (unpaired) electrons. The van der Waals surface area contributed by atoms with E-state index in [0.29, 0.717) is 13.1 Å². The summed E-state index contributed by atoms with van der Waals surface area (Å²) in [5, 5.41) is 40.6. The van der Waals surface area contributed by atoms with Gasteiger partial charge in [-0.05, 0) is 68.4 Å². The predicted molar refractivity (Wildman–Crippen MR) is 234 cm³/mol. The largest absolute Gasteiger partial charge is 0.467 e. The average molecular weight is 928 g/mol. The molecule has 358 valence electrons. The number of benzene rings is 2. The first-order chi connectivity index (χ1) is 31.7. The van der Waals surface area contributed by atoms with Gasteiger partial charge in [-0.3, -0.25) is 14.4 Å². The fraction of sp³-hybridized carbons (Fsp3) is 0.510. The minimum absolute atomic E-state index is 0.00919. The summed E-state index contributed by atoms with van der Waals surface area (Å²) < 4.78 is 36.5. The minimum atomic E-state index is -2.43. The zero-order valence-electron chi connectivity index (χ0n) is 38.2. The number of esters is 3. The van der Waals surface area contributed by atoms with Gasteiger partial charge in [0.15, 0.2) is 23.6 Å². The highest BCUT2D eigenvalue weighted by Gasteiger charge is 2.78. The fourth-order valence-corrected chi connectivity index (χ4v) is 10.9. The number of Topliss-reactive ketones (excluding diaryl/α,β-unsaturated/α-hetero) is 1. The Morgan fingerprint density at radius 2 is 1.52 bits per heavy atom. The van der Waals surface area contributed by atoms with Gasteiger partial charge in [0, 0.05) is 56.9 Å². The molecule has 11 atom stereocenters. The highest BCUT2D eigenvalue weighted by Crippen LogP contribution is 2.64. The Labute approximate surface area is 387 Å². The molecule has 3 aliphatic carbocycles. The quantitative estimate of drug-likeness (QED) is 0.130. The maximum Gasteiger partial charge on any atom is 0.410 e. The smallest absolute Gasteiger partial charge is 0.410 e. The monoisotopic (exact) mass is 927 g/mol. The third kappa shape index (κ3) is 8.11. The summed E-state index contributed by atoms with van der Waals surface area (Å²) in [7, 11) is 1.90. The molecule has 3 aromatic rings. The number of carbonyl (C=O) groups excluding carboxylic acids is 6. The first kappa shape index (κ1) is 47.6. The molecule has 2 aliphatic heterocycles. The van der Waals surface area contributed by atoms with Crippen molar-refractivity contribution in [2.24, 2.45) is 16.7 Å². The molecule has 2 unspecified atom stereocenters. The van der Waals surface area contributed by atoms with Gasteiger partial charge >= 0.3 is 24.0 Å². The Morgan fingerprint density at radius 3 is 2.10 bits per heavy atom. The number of nitrogens with zero attached hydrogens (tertiary/aromatic N) is 2. The molecule has 2 amide bonds. The van der Waals surface area contributed by atoms with Crippen molar-refractivity contribution in [1.82, 2.24) is 15.1 Å². The lowest BCUT2D eigenvalue weighted by molar-refractivity contribution is -0.345. The molecule has 8 rings (SSSR count). The van der Waals surface area contributed by atoms with Crippen molar-refractivity contribution < 1.29 is 72.2 Å². The molecule has 1 aromatic heterocycles. The van der Waals surface area contributed by atoms with E-state index in [2.05, 4.69) is 5.32 Å². The number of likely N-dealkylation sites (N-methyl/N-ethyl adjacent to an activating group) is 1. The summed E-state index contributed by atoms with van der Waals surface area (Å²) in [5.41, 5.74) is -7.60. The van der Waals surface area contributed by atoms with Gasteiger partial charge in [0.25, 0.3) is 5.91 Å². The number of nitrogens with one attached hydrogen (secondary N) is 1. The molecule has 0 spiro atoms. The second-order valence-corrected chi connectivity index (χ2v) is 19.0. The summed E-state index contributed by atoms with van der Waals surface area (Å²) in [5.74, 6) is -6.09. The van der Waals surface area contributed by atoms with Crippen LogP contribution in [0.4, 0.5) is 4.79 Å². The third-order valence-electron chi connectivity index (χ3n) is 14.9. The van der Waals surface area contributed by atoms with E-state index in [9.17, 15) is 39.3 Å². The number of carbonyl (C=O) groups is 6. The van der Waals surface area contributed by atoms with E-state index in [1.807, 2.05) is 11.9 Å². The Hall–Kier alpha value is -5.92. The minimum Gasteiger partial charge on any atom is -0.467 e. The van der Waals surface area contributed by atoms with Crippen LogP contribution in [0, 0.1) is 16.7 Å². The van der Waals surface area contributed by atoms with E-state index in [0.717, 1.165) is 6.92 Å². The van der Waals surface area contributed by atoms with Crippen molar-refractivity contribution in [2.75, 3.05) is 39.8 Å². The SMILES string of the molecule is CC(=O)O[C@@]12CO[C@@H]1C[C@H](O)[C@@]1(C)C(=O)[C@H](OC(=O)N3CCN(C)CC3)C3=C(C)[C@@H](OC(=O)[C@H](O)[C@H](NC(=O)c4ccccc4)c4ccco4)C[C@@](O)(C(OC(=O)c4ccccc4)C12)C3(C)C. The third-order valence-corrected chi connectivity index (χ3v) is 14.9. The molecule has 67 heavy (non-hydrogen) atoms. The van der Waals surface area contributed by atoms with E-state index < -0.39 is 113 Å². The first-order valence-corrected chi connectivity index (χ1v) is 22.4. The van der Waals surface area contributed by atoms with Crippen LogP contribution in [-0.4, -0.2) is 148 Å². The van der Waals surface area contributed by atoms with Crippen molar-refractivity contribution in [3.05, 3.63) is 107 Å². The Morgan fingerprint density at radius 1 is 0.881 bits per heavy atom. The van der Waals surface area contributed by atoms with Gasteiger partial charge in [-0.15, -0.1) is 0 Å². The molecule has 5 aliphatic rings. The Kier molecular flexibility index (Phi) is 12.7. The van der Waals surface area contributed by atoms with Gasteiger partial charge in [-0.1, -0.05) is 50.2 Å². The maximum atomic E-state index is 16.0. The Bertz CT molecular complexity index is 2420. The first-order valence-electron chi connectivity index (χ1n) is 22.4. The van der Waals surface area contributed by atoms with Crippen LogP contribution in [0.15, 0.2) is 94.6 Å². The van der Waals surface area contributed by atoms with E-state index in [-0.39, 0.29) is 54.2 Å². The summed E-state index contributed by atoms with van der Waals surface area (Å²) in [4.78, 5) is 89.2. The van der Waals surface area contributed by atoms with Gasteiger partial charge in [0.2, 0.25) is 0 Å². The van der Waals surface area contributed by atoms with Gasteiger partial charge in [0.05, 0.1) is 35.9 Å². The number of amides is 2. The number of aliphatic hydroxyl groups is 3. The van der Waals surface area contributed by atoms with E-state index in [1.54, 1.807) is 62.4 Å². The summed E-state index contributed by atoms with van der Waals surface area (Å²) in [6.07, 6.45) is -10.4. The number of aliphatic hydroxyl groups excluding tert-OH is 2. The number of hydrogen-bond donors (Lipinski definition) is 4. The average Bonchev–Trinajstić information content (AvgIpc) is 3.84. The van der Waals surface area contributed by atoms with Crippen LogP contribution in [0.25, 0.3) is 0 Å². The van der Waals surface area contributed by atoms with Crippen LogP contribution in [-0.2, 0) is 38.1 Å². The molecule has 18 nitrogen and oxygen atoms in total. The van der Waals surface area contributed by atoms with Crippen molar-refractivity contribution >= 4 is 35.7 Å². The molecule has 2 bridgehead atoms. The fourth-order valence-electron chi connectivity index (χ4n) is 10.9. The number of furan rings is 1. The second kappa shape index (κ2) is 18.0. The number of fused-ring (bicyclic) bond motifs is 5. The lowest BCUT2D eigenvalue weighted by Gasteiger charge is -2.67. The highest BCUT2D eigenvalue weighted by atomic mass is 16.6. The molecular weight excluding hydrogens is 871 g/mol. The van der Waals surface area contributed by atoms with Gasteiger partial charge in [-0.2, -0.15) is 0 Å². The van der Waals surface area contributed by atoms with Gasteiger partial charge in [-0.25, -0.2) is 14.4 Å². The zero-order chi connectivity index (χ0) is 48.2. The molecule has 18 heteroatoms. The van der Waals surface area contributed by atoms with E-state index >= 15 is 4.79 Å². The van der Waals surface area contributed by atoms with Crippen molar-refractivity contribution in [1.29, 1.82) is 0 Å². The number of ketones is 1. The van der Waals surface area contributed by atoms with Crippen LogP contribution in [0.3, 0.4) is 0 Å². The molecule has 2 saturated heterocycles. The summed E-state index contributed by atoms with van der Waals surface area (Å²) in [6, 6.07) is 17.4. The molecular formula is C49H57N3O15. The van der Waals surface area contributed by atoms with Crippen molar-refractivity contribution in [3.8, 4) is 0 Å². The van der Waals surface area contributed by atoms with Crippen LogP contribution in [0.5, 0.6) is 0 Å². The standard InChI is InChI=1S/C49H57N3O15/c1-27-32(64-44(59)37(55)36(31-18-13-23-62-31)50-42(57)29-14-9-7-10-15-29)25-49(61)41(66-43(58)30-16-11-8-12-17-30)39-47(5,33(54)24-34-48(39,26-63-34)67-28(2)53)40(56)38(35(27)46(49,3)4)65-45(60)52-21-19-51(6)20-22-52/h7-18,23,32-34,36-39,41,54-55,61H,19-22,24-26H2,1-6H3,(H,50,57)/t32-,33-,34+,36+,37+,38+,39?,41?,47+,48-,49+/m0/s1. The lowest BCUT2D eigenvalue weighted by atomic mass is 9.44. The van der Waals surface area contributed by atoms with E-state index in [4.69, 9.17) is 28.1 Å². The van der Waals surface area contributed by atoms with Crippen molar-refractivity contribution in [3.63, 3.8) is 0 Å². The van der Waals surface area contributed by atoms with Crippen LogP contribution >= 0.6 is 0 Å². The molecule has 4 fully saturated rings. The molecule has 3 heterocycles. The topological polar surface area (TPSA) is 241 Å². The summed E-state index contributed by atoms with van der Waals surface area (Å²) >= 11 is 0. The highest BCUT2D eigenvalue weighted by molar-refractivity contribution is 5.96. The zero-order valence-corrected chi connectivity index (χ0v) is 38.2. The van der Waals surface area contributed by atoms with Gasteiger partial charge < -0.3 is 58.5 Å². The van der Waals surface area contributed by atoms with Crippen LogP contribution in [0.1, 0.15) is 80.0 Å². The van der Waals surface area contributed by atoms with Crippen LogP contribution in [0.2, 0.25) is 0 Å². The lowest BCUT2D eigenvalue weighted by Crippen LogP contribution is -2.82. The second-order valence-electron chi connectivity index (χ2n) is 19.0. The van der Waals surface area contributed by atoms with E-state index in [1.165, 1.54) is 49.3 Å². The normalized spacial score (nSPS) is 32.1. The number of hydrogen-bond acceptors (Lipinski definition) is 16. The van der Waals surface area contributed by atoms with Crippen LogP contribution < -0.4 is 5.32 Å². The van der Waals surface area contributed by atoms with Gasteiger partial charge in [0.1, 0.15) is 35.7 Å². The predicted octanol–water partition coefficient (Wildman–Crippen LogP) is 3.15.